The van der Waals surface area contributed by atoms with Gasteiger partial charge in [0.15, 0.2) is 10.8 Å². The predicted molar refractivity (Wildman–Crippen MR) is 65.7 cm³/mol. The lowest BCUT2D eigenvalue weighted by atomic mass is 10.2. The molecule has 1 fully saturated rings. The fraction of sp³-hybridized carbons (Fsp3) is 0.636. The first kappa shape index (κ1) is 12.3. The van der Waals surface area contributed by atoms with Gasteiger partial charge < -0.3 is 14.8 Å². The van der Waals surface area contributed by atoms with E-state index >= 15 is 0 Å². The minimum Gasteiger partial charge on any atom is -0.464 e. The Hall–Kier alpha value is -1.14. The summed E-state index contributed by atoms with van der Waals surface area (Å²) in [6.45, 7) is 3.45. The molecule has 1 N–H and O–H groups in total. The monoisotopic (exact) mass is 256 g/mol. The first-order valence-corrected chi connectivity index (χ1v) is 6.43. The number of rotatable bonds is 4. The molecule has 0 spiro atoms. The number of thiazole rings is 1. The summed E-state index contributed by atoms with van der Waals surface area (Å²) >= 11 is 1.46. The van der Waals surface area contributed by atoms with Crippen molar-refractivity contribution in [3.63, 3.8) is 0 Å². The number of ether oxygens (including phenoxy) is 2. The quantitative estimate of drug-likeness (QED) is 0.833. The minimum atomic E-state index is -0.385. The van der Waals surface area contributed by atoms with Crippen LogP contribution in [0.15, 0.2) is 0 Å². The van der Waals surface area contributed by atoms with Crippen LogP contribution in [0, 0.1) is 6.92 Å². The number of esters is 1. The van der Waals surface area contributed by atoms with Gasteiger partial charge in [-0.1, -0.05) is 0 Å². The van der Waals surface area contributed by atoms with Crippen molar-refractivity contribution in [1.82, 2.24) is 4.98 Å². The van der Waals surface area contributed by atoms with E-state index in [4.69, 9.17) is 4.74 Å². The van der Waals surface area contributed by atoms with Gasteiger partial charge in [-0.25, -0.2) is 9.78 Å². The number of methoxy groups -OCH3 is 1. The van der Waals surface area contributed by atoms with E-state index in [1.165, 1.54) is 18.4 Å². The zero-order chi connectivity index (χ0) is 12.3. The van der Waals surface area contributed by atoms with Gasteiger partial charge in [0.05, 0.1) is 13.2 Å². The van der Waals surface area contributed by atoms with Gasteiger partial charge in [0, 0.05) is 18.0 Å². The molecule has 1 saturated heterocycles. The fourth-order valence-electron chi connectivity index (χ4n) is 1.76. The van der Waals surface area contributed by atoms with Gasteiger partial charge in [-0.05, 0) is 19.8 Å². The Bertz CT molecular complexity index is 399. The molecule has 0 radical (unpaired) electrons. The largest absolute Gasteiger partial charge is 0.464 e. The van der Waals surface area contributed by atoms with Gasteiger partial charge in [-0.2, -0.15) is 0 Å². The smallest absolute Gasteiger partial charge is 0.357 e. The molecular formula is C11H16N2O3S. The Morgan fingerprint density at radius 2 is 2.53 bits per heavy atom. The molecule has 1 aromatic heterocycles. The van der Waals surface area contributed by atoms with Crippen LogP contribution in [-0.4, -0.2) is 37.3 Å². The molecule has 0 bridgehead atoms. The van der Waals surface area contributed by atoms with E-state index in [0.29, 0.717) is 5.69 Å². The first-order valence-electron chi connectivity index (χ1n) is 5.62. The molecule has 6 heteroatoms. The van der Waals surface area contributed by atoms with Gasteiger partial charge >= 0.3 is 5.97 Å². The lowest BCUT2D eigenvalue weighted by Gasteiger charge is -2.08. The van der Waals surface area contributed by atoms with Crippen LogP contribution in [0.3, 0.4) is 0 Å². The van der Waals surface area contributed by atoms with Crippen LogP contribution >= 0.6 is 11.3 Å². The molecule has 1 aliphatic rings. The molecule has 1 aliphatic heterocycles. The van der Waals surface area contributed by atoms with E-state index in [0.717, 1.165) is 36.0 Å². The van der Waals surface area contributed by atoms with Crippen molar-refractivity contribution in [2.24, 2.45) is 0 Å². The number of anilines is 1. The second-order valence-electron chi connectivity index (χ2n) is 3.93. The van der Waals surface area contributed by atoms with Crippen LogP contribution in [0.5, 0.6) is 0 Å². The predicted octanol–water partition coefficient (Wildman–Crippen LogP) is 1.83. The topological polar surface area (TPSA) is 60.5 Å². The van der Waals surface area contributed by atoms with Crippen LogP contribution in [0.2, 0.25) is 0 Å². The molecule has 5 nitrogen and oxygen atoms in total. The third-order valence-corrected chi connectivity index (χ3v) is 3.61. The number of aromatic nitrogens is 1. The number of hydrogen-bond acceptors (Lipinski definition) is 6. The number of nitrogens with zero attached hydrogens (tertiary/aromatic N) is 1. The summed E-state index contributed by atoms with van der Waals surface area (Å²) in [4.78, 5) is 16.5. The number of carbonyl (C=O) groups excluding carboxylic acids is 1. The molecule has 1 atom stereocenters. The molecule has 0 amide bonds. The van der Waals surface area contributed by atoms with Crippen LogP contribution < -0.4 is 5.32 Å². The second-order valence-corrected chi connectivity index (χ2v) is 5.13. The number of hydrogen-bond donors (Lipinski definition) is 1. The lowest BCUT2D eigenvalue weighted by molar-refractivity contribution is 0.0594. The summed E-state index contributed by atoms with van der Waals surface area (Å²) in [5, 5.41) is 3.95. The molecule has 0 aliphatic carbocycles. The van der Waals surface area contributed by atoms with E-state index in [2.05, 4.69) is 15.0 Å². The Morgan fingerprint density at radius 1 is 1.71 bits per heavy atom. The zero-order valence-electron chi connectivity index (χ0n) is 9.99. The van der Waals surface area contributed by atoms with Crippen molar-refractivity contribution >= 4 is 22.4 Å². The van der Waals surface area contributed by atoms with Gasteiger partial charge in [-0.15, -0.1) is 11.3 Å². The van der Waals surface area contributed by atoms with E-state index in [1.807, 2.05) is 6.92 Å². The standard InChI is InChI=1S/C11H16N2O3S/c1-7-9(10(14)15-2)13-11(17-7)12-6-8-4-3-5-16-8/h8H,3-6H2,1-2H3,(H,12,13). The molecule has 0 aromatic carbocycles. The van der Waals surface area contributed by atoms with Crippen molar-refractivity contribution in [2.45, 2.75) is 25.9 Å². The summed E-state index contributed by atoms with van der Waals surface area (Å²) in [6, 6.07) is 0. The van der Waals surface area contributed by atoms with Gasteiger partial charge in [0.2, 0.25) is 0 Å². The highest BCUT2D eigenvalue weighted by atomic mass is 32.1. The fourth-order valence-corrected chi connectivity index (χ4v) is 2.57. The normalized spacial score (nSPS) is 19.3. The minimum absolute atomic E-state index is 0.265. The lowest BCUT2D eigenvalue weighted by Crippen LogP contribution is -2.18. The van der Waals surface area contributed by atoms with E-state index in [1.54, 1.807) is 0 Å². The Kier molecular flexibility index (Phi) is 3.96. The van der Waals surface area contributed by atoms with Crippen molar-refractivity contribution in [2.75, 3.05) is 25.6 Å². The van der Waals surface area contributed by atoms with Crippen molar-refractivity contribution in [1.29, 1.82) is 0 Å². The van der Waals surface area contributed by atoms with E-state index < -0.39 is 0 Å². The SMILES string of the molecule is COC(=O)c1nc(NCC2CCCO2)sc1C. The highest BCUT2D eigenvalue weighted by Crippen LogP contribution is 2.23. The van der Waals surface area contributed by atoms with E-state index in [-0.39, 0.29) is 12.1 Å². The van der Waals surface area contributed by atoms with Crippen molar-refractivity contribution in [3.8, 4) is 0 Å². The summed E-state index contributed by atoms with van der Waals surface area (Å²) in [7, 11) is 1.36. The third-order valence-electron chi connectivity index (χ3n) is 2.68. The van der Waals surface area contributed by atoms with Crippen LogP contribution in [0.1, 0.15) is 28.2 Å². The molecule has 2 rings (SSSR count). The maximum atomic E-state index is 11.4. The van der Waals surface area contributed by atoms with Crippen LogP contribution in [-0.2, 0) is 9.47 Å². The third kappa shape index (κ3) is 2.95. The molecule has 2 heterocycles. The number of aryl methyl sites for hydroxylation is 1. The molecule has 1 aromatic rings. The summed E-state index contributed by atoms with van der Waals surface area (Å²) in [5.74, 6) is -0.385. The van der Waals surface area contributed by atoms with Gasteiger partial charge in [0.25, 0.3) is 0 Å². The van der Waals surface area contributed by atoms with Crippen LogP contribution in [0.25, 0.3) is 0 Å². The summed E-state index contributed by atoms with van der Waals surface area (Å²) < 4.78 is 10.2. The Balaban J connectivity index is 1.94. The average Bonchev–Trinajstić information content (AvgIpc) is 2.94. The van der Waals surface area contributed by atoms with E-state index in [9.17, 15) is 4.79 Å². The summed E-state index contributed by atoms with van der Waals surface area (Å²) in [5.41, 5.74) is 0.396. The van der Waals surface area contributed by atoms with Crippen LogP contribution in [0.4, 0.5) is 5.13 Å². The number of nitrogens with one attached hydrogen (secondary N) is 1. The molecule has 94 valence electrons. The highest BCUT2D eigenvalue weighted by Gasteiger charge is 2.18. The van der Waals surface area contributed by atoms with Crippen molar-refractivity contribution < 1.29 is 14.3 Å². The molecule has 1 unspecified atom stereocenters. The summed E-state index contributed by atoms with van der Waals surface area (Å²) in [6.07, 6.45) is 2.47. The molecule has 0 saturated carbocycles. The highest BCUT2D eigenvalue weighted by molar-refractivity contribution is 7.15. The zero-order valence-corrected chi connectivity index (χ0v) is 10.8. The molecule has 17 heavy (non-hydrogen) atoms. The molecular weight excluding hydrogens is 240 g/mol. The Morgan fingerprint density at radius 3 is 3.18 bits per heavy atom. The maximum Gasteiger partial charge on any atom is 0.357 e. The first-order chi connectivity index (χ1) is 8.20. The van der Waals surface area contributed by atoms with Gasteiger partial charge in [-0.3, -0.25) is 0 Å². The van der Waals surface area contributed by atoms with Gasteiger partial charge in [0.1, 0.15) is 0 Å². The maximum absolute atomic E-state index is 11.4. The Labute approximate surface area is 104 Å². The van der Waals surface area contributed by atoms with Crippen molar-refractivity contribution in [3.05, 3.63) is 10.6 Å². The number of carbonyl (C=O) groups is 1. The average molecular weight is 256 g/mol. The second kappa shape index (κ2) is 5.46.